The monoisotopic (exact) mass is 231 g/mol. The molecular weight excluding hydrogens is 210 g/mol. The van der Waals surface area contributed by atoms with Crippen LogP contribution in [0.4, 0.5) is 0 Å². The van der Waals surface area contributed by atoms with E-state index in [0.29, 0.717) is 11.8 Å². The van der Waals surface area contributed by atoms with Crippen molar-refractivity contribution in [3.05, 3.63) is 35.9 Å². The van der Waals surface area contributed by atoms with Crippen LogP contribution in [0.3, 0.4) is 0 Å². The summed E-state index contributed by atoms with van der Waals surface area (Å²) in [5, 5.41) is 10.7. The lowest BCUT2D eigenvalue weighted by atomic mass is 9.85. The molecule has 0 aromatic heterocycles. The van der Waals surface area contributed by atoms with Gasteiger partial charge < -0.3 is 10.0 Å². The largest absolute Gasteiger partial charge is 0.389 e. The van der Waals surface area contributed by atoms with Gasteiger partial charge in [-0.15, -0.1) is 0 Å². The molecular formula is C15H21NO. The van der Waals surface area contributed by atoms with Crippen molar-refractivity contribution in [2.75, 3.05) is 20.1 Å². The van der Waals surface area contributed by atoms with Gasteiger partial charge >= 0.3 is 0 Å². The summed E-state index contributed by atoms with van der Waals surface area (Å²) < 4.78 is 0. The van der Waals surface area contributed by atoms with E-state index in [1.54, 1.807) is 0 Å². The maximum Gasteiger partial charge on any atom is 0.0706 e. The maximum absolute atomic E-state index is 10.7. The average Bonchev–Trinajstić information content (AvgIpc) is 3.15. The van der Waals surface area contributed by atoms with Crippen molar-refractivity contribution in [2.45, 2.75) is 30.8 Å². The number of benzene rings is 1. The molecule has 2 heteroatoms. The second-order valence-corrected chi connectivity index (χ2v) is 5.77. The van der Waals surface area contributed by atoms with Gasteiger partial charge in [0.25, 0.3) is 0 Å². The van der Waals surface area contributed by atoms with Crippen LogP contribution >= 0.6 is 0 Å². The molecule has 92 valence electrons. The minimum absolute atomic E-state index is 0.396. The summed E-state index contributed by atoms with van der Waals surface area (Å²) in [6, 6.07) is 10.7. The molecule has 2 aliphatic rings. The number of likely N-dealkylation sites (tertiary alicyclic amines) is 1. The van der Waals surface area contributed by atoms with Gasteiger partial charge in [0.2, 0.25) is 0 Å². The minimum atomic E-state index is -0.396. The van der Waals surface area contributed by atoms with Crippen LogP contribution in [0.5, 0.6) is 0 Å². The molecule has 1 heterocycles. The second kappa shape index (κ2) is 4.11. The summed E-state index contributed by atoms with van der Waals surface area (Å²) in [5.74, 6) is 1.10. The molecule has 0 bridgehead atoms. The SMILES string of the molecule is CN1CCC(O)(C2CC2c2ccccc2)CC1. The lowest BCUT2D eigenvalue weighted by Gasteiger charge is -2.37. The molecule has 1 saturated carbocycles. The van der Waals surface area contributed by atoms with Crippen LogP contribution < -0.4 is 0 Å². The zero-order valence-electron chi connectivity index (χ0n) is 10.5. The molecule has 2 nitrogen and oxygen atoms in total. The molecule has 0 amide bonds. The lowest BCUT2D eigenvalue weighted by molar-refractivity contribution is -0.0356. The first-order valence-electron chi connectivity index (χ1n) is 6.65. The van der Waals surface area contributed by atoms with Crippen LogP contribution in [0.2, 0.25) is 0 Å². The third kappa shape index (κ3) is 2.12. The van der Waals surface area contributed by atoms with Crippen LogP contribution in [0.1, 0.15) is 30.7 Å². The highest BCUT2D eigenvalue weighted by Gasteiger charge is 2.52. The van der Waals surface area contributed by atoms with Crippen molar-refractivity contribution in [3.63, 3.8) is 0 Å². The Hall–Kier alpha value is -0.860. The van der Waals surface area contributed by atoms with Crippen LogP contribution in [0.25, 0.3) is 0 Å². The molecule has 2 atom stereocenters. The first-order valence-corrected chi connectivity index (χ1v) is 6.65. The van der Waals surface area contributed by atoms with Gasteiger partial charge in [0, 0.05) is 13.1 Å². The van der Waals surface area contributed by atoms with Crippen LogP contribution in [-0.2, 0) is 0 Å². The zero-order valence-corrected chi connectivity index (χ0v) is 10.5. The van der Waals surface area contributed by atoms with E-state index in [9.17, 15) is 5.11 Å². The quantitative estimate of drug-likeness (QED) is 0.844. The average molecular weight is 231 g/mol. The Kier molecular flexibility index (Phi) is 2.72. The number of aliphatic hydroxyl groups is 1. The van der Waals surface area contributed by atoms with E-state index in [0.717, 1.165) is 25.9 Å². The molecule has 2 unspecified atom stereocenters. The van der Waals surface area contributed by atoms with Gasteiger partial charge in [-0.25, -0.2) is 0 Å². The van der Waals surface area contributed by atoms with Crippen LogP contribution in [-0.4, -0.2) is 35.7 Å². The number of piperidine rings is 1. The molecule has 0 spiro atoms. The van der Waals surface area contributed by atoms with Crippen molar-refractivity contribution in [1.29, 1.82) is 0 Å². The number of rotatable bonds is 2. The molecule has 1 aliphatic carbocycles. The minimum Gasteiger partial charge on any atom is -0.389 e. The molecule has 1 aromatic rings. The third-order valence-electron chi connectivity index (χ3n) is 4.56. The molecule has 1 aromatic carbocycles. The van der Waals surface area contributed by atoms with Gasteiger partial charge in [0.1, 0.15) is 0 Å². The number of nitrogens with zero attached hydrogens (tertiary/aromatic N) is 1. The molecule has 3 rings (SSSR count). The summed E-state index contributed by atoms with van der Waals surface area (Å²) >= 11 is 0. The lowest BCUT2D eigenvalue weighted by Crippen LogP contribution is -2.44. The standard InChI is InChI=1S/C15H21NO/c1-16-9-7-15(17,8-10-16)14-11-13(14)12-5-3-2-4-6-12/h2-6,13-14,17H,7-11H2,1H3. The van der Waals surface area contributed by atoms with E-state index in [1.807, 2.05) is 0 Å². The second-order valence-electron chi connectivity index (χ2n) is 5.77. The fourth-order valence-electron chi connectivity index (χ4n) is 3.23. The Morgan fingerprint density at radius 1 is 1.18 bits per heavy atom. The Labute approximate surface area is 103 Å². The Morgan fingerprint density at radius 3 is 2.47 bits per heavy atom. The highest BCUT2D eigenvalue weighted by Crippen LogP contribution is 2.56. The van der Waals surface area contributed by atoms with Crippen molar-refractivity contribution in [3.8, 4) is 0 Å². The fourth-order valence-corrected chi connectivity index (χ4v) is 3.23. The molecule has 1 aliphatic heterocycles. The first kappa shape index (κ1) is 11.2. The highest BCUT2D eigenvalue weighted by molar-refractivity contribution is 5.28. The van der Waals surface area contributed by atoms with E-state index in [2.05, 4.69) is 42.3 Å². The van der Waals surface area contributed by atoms with Gasteiger partial charge in [0.15, 0.2) is 0 Å². The predicted octanol–water partition coefficient (Wildman–Crippen LogP) is 2.25. The third-order valence-corrected chi connectivity index (χ3v) is 4.56. The van der Waals surface area contributed by atoms with Crippen molar-refractivity contribution in [1.82, 2.24) is 4.90 Å². The molecule has 2 fully saturated rings. The maximum atomic E-state index is 10.7. The summed E-state index contributed by atoms with van der Waals surface area (Å²) in [5.41, 5.74) is 1.01. The first-order chi connectivity index (χ1) is 8.19. The summed E-state index contributed by atoms with van der Waals surface area (Å²) in [6.07, 6.45) is 3.05. The number of hydrogen-bond acceptors (Lipinski definition) is 2. The van der Waals surface area contributed by atoms with E-state index < -0.39 is 5.60 Å². The van der Waals surface area contributed by atoms with E-state index in [1.165, 1.54) is 12.0 Å². The molecule has 1 saturated heterocycles. The summed E-state index contributed by atoms with van der Waals surface area (Å²) in [7, 11) is 2.14. The normalized spacial score (nSPS) is 32.4. The smallest absolute Gasteiger partial charge is 0.0706 e. The van der Waals surface area contributed by atoms with Crippen molar-refractivity contribution >= 4 is 0 Å². The molecule has 17 heavy (non-hydrogen) atoms. The van der Waals surface area contributed by atoms with E-state index in [-0.39, 0.29) is 0 Å². The highest BCUT2D eigenvalue weighted by atomic mass is 16.3. The zero-order chi connectivity index (χ0) is 11.9. The summed E-state index contributed by atoms with van der Waals surface area (Å²) in [6.45, 7) is 2.07. The van der Waals surface area contributed by atoms with Crippen LogP contribution in [0.15, 0.2) is 30.3 Å². The van der Waals surface area contributed by atoms with Gasteiger partial charge in [-0.3, -0.25) is 0 Å². The summed E-state index contributed by atoms with van der Waals surface area (Å²) in [4.78, 5) is 2.31. The topological polar surface area (TPSA) is 23.5 Å². The Bertz CT molecular complexity index is 381. The van der Waals surface area contributed by atoms with Gasteiger partial charge in [-0.05, 0) is 43.7 Å². The Morgan fingerprint density at radius 2 is 1.82 bits per heavy atom. The Balaban J connectivity index is 1.68. The predicted molar refractivity (Wildman–Crippen MR) is 69.0 cm³/mol. The van der Waals surface area contributed by atoms with Gasteiger partial charge in [-0.1, -0.05) is 30.3 Å². The van der Waals surface area contributed by atoms with Crippen molar-refractivity contribution < 1.29 is 5.11 Å². The van der Waals surface area contributed by atoms with E-state index >= 15 is 0 Å². The number of hydrogen-bond donors (Lipinski definition) is 1. The fraction of sp³-hybridized carbons (Fsp3) is 0.600. The van der Waals surface area contributed by atoms with Crippen molar-refractivity contribution in [2.24, 2.45) is 5.92 Å². The molecule has 0 radical (unpaired) electrons. The van der Waals surface area contributed by atoms with Gasteiger partial charge in [0.05, 0.1) is 5.60 Å². The molecule has 1 N–H and O–H groups in total. The van der Waals surface area contributed by atoms with Gasteiger partial charge in [-0.2, -0.15) is 0 Å². The van der Waals surface area contributed by atoms with Crippen LogP contribution in [0, 0.1) is 5.92 Å². The van der Waals surface area contributed by atoms with E-state index in [4.69, 9.17) is 0 Å².